The molecular formula is C19H26N2O5S. The first-order valence-corrected chi connectivity index (χ1v) is 10.1. The first kappa shape index (κ1) is 21.2. The SMILES string of the molecule is CCCNC(=O)CNC(=O)COC(=O)c1ccccc1SC[C@H]1CCCO1. The number of benzene rings is 1. The van der Waals surface area contributed by atoms with Crippen molar-refractivity contribution in [3.63, 3.8) is 0 Å². The Bertz CT molecular complexity index is 647. The van der Waals surface area contributed by atoms with Gasteiger partial charge in [0.05, 0.1) is 18.2 Å². The third-order valence-corrected chi connectivity index (χ3v) is 5.11. The van der Waals surface area contributed by atoms with Crippen LogP contribution in [0.4, 0.5) is 0 Å². The lowest BCUT2D eigenvalue weighted by molar-refractivity contribution is -0.127. The number of thioether (sulfide) groups is 1. The molecule has 0 aromatic heterocycles. The van der Waals surface area contributed by atoms with Crippen molar-refractivity contribution in [3.05, 3.63) is 29.8 Å². The summed E-state index contributed by atoms with van der Waals surface area (Å²) in [4.78, 5) is 36.3. The van der Waals surface area contributed by atoms with Crippen molar-refractivity contribution in [2.24, 2.45) is 0 Å². The smallest absolute Gasteiger partial charge is 0.339 e. The van der Waals surface area contributed by atoms with Gasteiger partial charge in [0.2, 0.25) is 5.91 Å². The maximum absolute atomic E-state index is 12.3. The van der Waals surface area contributed by atoms with E-state index in [2.05, 4.69) is 10.6 Å². The summed E-state index contributed by atoms with van der Waals surface area (Å²) >= 11 is 1.55. The summed E-state index contributed by atoms with van der Waals surface area (Å²) in [6.45, 7) is 2.73. The number of amides is 2. The molecule has 1 fully saturated rings. The van der Waals surface area contributed by atoms with Gasteiger partial charge < -0.3 is 20.1 Å². The van der Waals surface area contributed by atoms with Gasteiger partial charge in [0.25, 0.3) is 5.91 Å². The van der Waals surface area contributed by atoms with E-state index in [0.717, 1.165) is 36.5 Å². The van der Waals surface area contributed by atoms with Crippen LogP contribution in [0, 0.1) is 0 Å². The summed E-state index contributed by atoms with van der Waals surface area (Å²) in [6.07, 6.45) is 3.14. The highest BCUT2D eigenvalue weighted by Gasteiger charge is 2.19. The number of ether oxygens (including phenoxy) is 2. The van der Waals surface area contributed by atoms with E-state index in [1.165, 1.54) is 0 Å². The molecule has 148 valence electrons. The number of hydrogen-bond donors (Lipinski definition) is 2. The molecule has 1 aliphatic rings. The molecule has 2 rings (SSSR count). The minimum atomic E-state index is -0.559. The first-order valence-electron chi connectivity index (χ1n) is 9.14. The Labute approximate surface area is 163 Å². The molecule has 0 bridgehead atoms. The molecular weight excluding hydrogens is 368 g/mol. The molecule has 8 heteroatoms. The molecule has 1 atom stereocenters. The number of nitrogens with one attached hydrogen (secondary N) is 2. The van der Waals surface area contributed by atoms with Gasteiger partial charge in [0.15, 0.2) is 6.61 Å². The Morgan fingerprint density at radius 2 is 2.04 bits per heavy atom. The predicted molar refractivity (Wildman–Crippen MR) is 103 cm³/mol. The second-order valence-corrected chi connectivity index (χ2v) is 7.21. The normalized spacial score (nSPS) is 16.0. The largest absolute Gasteiger partial charge is 0.452 e. The Balaban J connectivity index is 1.77. The Kier molecular flexibility index (Phi) is 9.13. The predicted octanol–water partition coefficient (Wildman–Crippen LogP) is 1.76. The van der Waals surface area contributed by atoms with Gasteiger partial charge in [-0.25, -0.2) is 4.79 Å². The van der Waals surface area contributed by atoms with Crippen molar-refractivity contribution in [1.29, 1.82) is 0 Å². The van der Waals surface area contributed by atoms with Crippen LogP contribution in [0.5, 0.6) is 0 Å². The van der Waals surface area contributed by atoms with Crippen LogP contribution in [-0.4, -0.2) is 55.9 Å². The zero-order valence-corrected chi connectivity index (χ0v) is 16.3. The lowest BCUT2D eigenvalue weighted by Crippen LogP contribution is -2.38. The summed E-state index contributed by atoms with van der Waals surface area (Å²) in [6, 6.07) is 7.14. The minimum Gasteiger partial charge on any atom is -0.452 e. The second kappa shape index (κ2) is 11.6. The third kappa shape index (κ3) is 7.60. The standard InChI is InChI=1S/C19H26N2O5S/c1-2-9-20-17(22)11-21-18(23)12-26-19(24)15-7-3-4-8-16(15)27-13-14-6-5-10-25-14/h3-4,7-8,14H,2,5-6,9-13H2,1H3,(H,20,22)(H,21,23)/t14-/m1/s1. The highest BCUT2D eigenvalue weighted by atomic mass is 32.2. The lowest BCUT2D eigenvalue weighted by Gasteiger charge is -2.12. The maximum Gasteiger partial charge on any atom is 0.339 e. The number of esters is 1. The number of carbonyl (C=O) groups is 3. The quantitative estimate of drug-likeness (QED) is 0.464. The fourth-order valence-electron chi connectivity index (χ4n) is 2.49. The van der Waals surface area contributed by atoms with E-state index < -0.39 is 18.5 Å². The maximum atomic E-state index is 12.3. The number of rotatable bonds is 10. The Morgan fingerprint density at radius 1 is 1.22 bits per heavy atom. The summed E-state index contributed by atoms with van der Waals surface area (Å²) in [5.41, 5.74) is 0.425. The molecule has 1 aromatic rings. The molecule has 0 radical (unpaired) electrons. The van der Waals surface area contributed by atoms with Crippen molar-refractivity contribution in [1.82, 2.24) is 10.6 Å². The minimum absolute atomic E-state index is 0.135. The lowest BCUT2D eigenvalue weighted by atomic mass is 10.2. The van der Waals surface area contributed by atoms with Crippen LogP contribution >= 0.6 is 11.8 Å². The van der Waals surface area contributed by atoms with Crippen LogP contribution in [0.2, 0.25) is 0 Å². The average Bonchev–Trinajstić information content (AvgIpc) is 3.21. The molecule has 2 amide bonds. The van der Waals surface area contributed by atoms with Crippen LogP contribution in [0.1, 0.15) is 36.5 Å². The molecule has 0 spiro atoms. The topological polar surface area (TPSA) is 93.7 Å². The van der Waals surface area contributed by atoms with Gasteiger partial charge in [-0.2, -0.15) is 0 Å². The molecule has 7 nitrogen and oxygen atoms in total. The van der Waals surface area contributed by atoms with Gasteiger partial charge >= 0.3 is 5.97 Å². The van der Waals surface area contributed by atoms with Crippen LogP contribution in [0.3, 0.4) is 0 Å². The van der Waals surface area contributed by atoms with E-state index >= 15 is 0 Å². The van der Waals surface area contributed by atoms with Crippen molar-refractivity contribution >= 4 is 29.5 Å². The van der Waals surface area contributed by atoms with Gasteiger partial charge in [-0.05, 0) is 31.4 Å². The van der Waals surface area contributed by atoms with Crippen molar-refractivity contribution in [3.8, 4) is 0 Å². The molecule has 2 N–H and O–H groups in total. The molecule has 0 unspecified atom stereocenters. The van der Waals surface area contributed by atoms with E-state index in [1.807, 2.05) is 19.1 Å². The first-order chi connectivity index (χ1) is 13.1. The summed E-state index contributed by atoms with van der Waals surface area (Å²) < 4.78 is 10.7. The molecule has 1 heterocycles. The molecule has 1 aliphatic heterocycles. The molecule has 1 saturated heterocycles. The van der Waals surface area contributed by atoms with Crippen molar-refractivity contribution < 1.29 is 23.9 Å². The summed E-state index contributed by atoms with van der Waals surface area (Å²) in [7, 11) is 0. The van der Waals surface area contributed by atoms with Crippen LogP contribution in [0.15, 0.2) is 29.2 Å². The van der Waals surface area contributed by atoms with Gasteiger partial charge in [-0.1, -0.05) is 19.1 Å². The Morgan fingerprint density at radius 3 is 2.78 bits per heavy atom. The van der Waals surface area contributed by atoms with Crippen molar-refractivity contribution in [2.45, 2.75) is 37.2 Å². The van der Waals surface area contributed by atoms with E-state index in [4.69, 9.17) is 9.47 Å². The Hall–Kier alpha value is -2.06. The second-order valence-electron chi connectivity index (χ2n) is 6.15. The molecule has 0 saturated carbocycles. The highest BCUT2D eigenvalue weighted by Crippen LogP contribution is 2.27. The molecule has 0 aliphatic carbocycles. The summed E-state index contributed by atoms with van der Waals surface area (Å²) in [5, 5.41) is 5.07. The van der Waals surface area contributed by atoms with E-state index in [0.29, 0.717) is 12.1 Å². The van der Waals surface area contributed by atoms with Gasteiger partial charge in [-0.3, -0.25) is 9.59 Å². The average molecular weight is 394 g/mol. The summed E-state index contributed by atoms with van der Waals surface area (Å²) in [5.74, 6) is -0.569. The zero-order chi connectivity index (χ0) is 19.5. The van der Waals surface area contributed by atoms with Crippen molar-refractivity contribution in [2.75, 3.05) is 32.1 Å². The fourth-order valence-corrected chi connectivity index (χ4v) is 3.60. The molecule has 27 heavy (non-hydrogen) atoms. The van der Waals surface area contributed by atoms with Crippen LogP contribution in [-0.2, 0) is 19.1 Å². The monoisotopic (exact) mass is 394 g/mol. The third-order valence-electron chi connectivity index (χ3n) is 3.91. The van der Waals surface area contributed by atoms with Gasteiger partial charge in [0.1, 0.15) is 0 Å². The number of carbonyl (C=O) groups excluding carboxylic acids is 3. The van der Waals surface area contributed by atoms with E-state index in [-0.39, 0.29) is 18.6 Å². The van der Waals surface area contributed by atoms with Gasteiger partial charge in [-0.15, -0.1) is 11.8 Å². The fraction of sp³-hybridized carbons (Fsp3) is 0.526. The van der Waals surface area contributed by atoms with E-state index in [1.54, 1.807) is 23.9 Å². The highest BCUT2D eigenvalue weighted by molar-refractivity contribution is 7.99. The van der Waals surface area contributed by atoms with Crippen LogP contribution < -0.4 is 10.6 Å². The zero-order valence-electron chi connectivity index (χ0n) is 15.5. The van der Waals surface area contributed by atoms with E-state index in [9.17, 15) is 14.4 Å². The molecule has 1 aromatic carbocycles. The van der Waals surface area contributed by atoms with Gasteiger partial charge in [0, 0.05) is 23.8 Å². The van der Waals surface area contributed by atoms with Crippen LogP contribution in [0.25, 0.3) is 0 Å². The number of hydrogen-bond acceptors (Lipinski definition) is 6.